The van der Waals surface area contributed by atoms with E-state index in [1.165, 1.54) is 38.0 Å². The third-order valence-electron chi connectivity index (χ3n) is 3.85. The number of hydrogen-bond acceptors (Lipinski definition) is 2. The van der Waals surface area contributed by atoms with Crippen LogP contribution >= 0.6 is 0 Å². The fraction of sp³-hybridized carbons (Fsp3) is 0.625. The van der Waals surface area contributed by atoms with Crippen molar-refractivity contribution in [3.05, 3.63) is 35.9 Å². The Labute approximate surface area is 111 Å². The molecular weight excluding hydrogens is 220 g/mol. The van der Waals surface area contributed by atoms with E-state index in [-0.39, 0.29) is 0 Å². The van der Waals surface area contributed by atoms with E-state index in [2.05, 4.69) is 54.4 Å². The first-order valence-electron chi connectivity index (χ1n) is 7.24. The van der Waals surface area contributed by atoms with Crippen molar-refractivity contribution in [2.45, 2.75) is 39.3 Å². The van der Waals surface area contributed by atoms with E-state index in [1.807, 2.05) is 0 Å². The van der Waals surface area contributed by atoms with Crippen LogP contribution < -0.4 is 5.32 Å². The Kier molecular flexibility index (Phi) is 5.21. The SMILES string of the molecule is CC(C)N(Cc1ccccc1)C[C@H]1CCCNC1. The maximum absolute atomic E-state index is 3.52. The largest absolute Gasteiger partial charge is 0.316 e. The van der Waals surface area contributed by atoms with Crippen LogP contribution in [0, 0.1) is 5.92 Å². The predicted octanol–water partition coefficient (Wildman–Crippen LogP) is 2.90. The highest BCUT2D eigenvalue weighted by molar-refractivity contribution is 5.14. The lowest BCUT2D eigenvalue weighted by Gasteiger charge is -2.32. The van der Waals surface area contributed by atoms with Gasteiger partial charge in [0.2, 0.25) is 0 Å². The molecule has 1 aliphatic heterocycles. The molecule has 0 spiro atoms. The van der Waals surface area contributed by atoms with Crippen LogP contribution in [0.25, 0.3) is 0 Å². The number of benzene rings is 1. The molecule has 1 N–H and O–H groups in total. The Morgan fingerprint density at radius 1 is 1.28 bits per heavy atom. The Morgan fingerprint density at radius 3 is 2.67 bits per heavy atom. The summed E-state index contributed by atoms with van der Waals surface area (Å²) in [6, 6.07) is 11.4. The summed E-state index contributed by atoms with van der Waals surface area (Å²) >= 11 is 0. The van der Waals surface area contributed by atoms with E-state index in [1.54, 1.807) is 0 Å². The van der Waals surface area contributed by atoms with E-state index >= 15 is 0 Å². The molecule has 0 aliphatic carbocycles. The van der Waals surface area contributed by atoms with Crippen molar-refractivity contribution in [1.82, 2.24) is 10.2 Å². The van der Waals surface area contributed by atoms with Crippen LogP contribution in [0.5, 0.6) is 0 Å². The highest BCUT2D eigenvalue weighted by Gasteiger charge is 2.18. The molecule has 1 aliphatic rings. The molecule has 0 aromatic heterocycles. The molecule has 0 radical (unpaired) electrons. The minimum absolute atomic E-state index is 0.618. The van der Waals surface area contributed by atoms with E-state index in [4.69, 9.17) is 0 Å². The molecule has 2 nitrogen and oxygen atoms in total. The number of hydrogen-bond donors (Lipinski definition) is 1. The molecule has 100 valence electrons. The van der Waals surface area contributed by atoms with Gasteiger partial charge in [-0.3, -0.25) is 4.90 Å². The summed E-state index contributed by atoms with van der Waals surface area (Å²) in [5, 5.41) is 3.52. The van der Waals surface area contributed by atoms with Gasteiger partial charge in [-0.15, -0.1) is 0 Å². The van der Waals surface area contributed by atoms with Crippen molar-refractivity contribution < 1.29 is 0 Å². The summed E-state index contributed by atoms with van der Waals surface area (Å²) in [5.41, 5.74) is 1.43. The van der Waals surface area contributed by atoms with Crippen molar-refractivity contribution >= 4 is 0 Å². The van der Waals surface area contributed by atoms with Crippen molar-refractivity contribution in [3.8, 4) is 0 Å². The highest BCUT2D eigenvalue weighted by atomic mass is 15.1. The van der Waals surface area contributed by atoms with Crippen LogP contribution in [-0.4, -0.2) is 30.6 Å². The fourth-order valence-electron chi connectivity index (χ4n) is 2.69. The second-order valence-electron chi connectivity index (χ2n) is 5.72. The molecule has 2 heteroatoms. The second-order valence-corrected chi connectivity index (χ2v) is 5.72. The number of rotatable bonds is 5. The first kappa shape index (κ1) is 13.6. The molecule has 0 bridgehead atoms. The van der Waals surface area contributed by atoms with Crippen molar-refractivity contribution in [2.75, 3.05) is 19.6 Å². The van der Waals surface area contributed by atoms with Crippen molar-refractivity contribution in [2.24, 2.45) is 5.92 Å². The van der Waals surface area contributed by atoms with Crippen LogP contribution in [0.4, 0.5) is 0 Å². The Bertz CT molecular complexity index is 328. The van der Waals surface area contributed by atoms with E-state index in [0.717, 1.165) is 12.5 Å². The molecule has 1 aromatic rings. The Morgan fingerprint density at radius 2 is 2.06 bits per heavy atom. The lowest BCUT2D eigenvalue weighted by molar-refractivity contribution is 0.164. The standard InChI is InChI=1S/C16H26N2/c1-14(2)18(12-15-7-4-3-5-8-15)13-16-9-6-10-17-11-16/h3-5,7-8,14,16-17H,6,9-13H2,1-2H3/t16-/m0/s1. The van der Waals surface area contributed by atoms with Crippen molar-refractivity contribution in [1.29, 1.82) is 0 Å². The zero-order chi connectivity index (χ0) is 12.8. The monoisotopic (exact) mass is 246 g/mol. The molecule has 1 aromatic carbocycles. The first-order chi connectivity index (χ1) is 8.75. The summed E-state index contributed by atoms with van der Waals surface area (Å²) in [6.07, 6.45) is 2.72. The van der Waals surface area contributed by atoms with E-state index < -0.39 is 0 Å². The molecule has 1 atom stereocenters. The summed E-state index contributed by atoms with van der Waals surface area (Å²) in [7, 11) is 0. The molecule has 1 heterocycles. The number of nitrogens with one attached hydrogen (secondary N) is 1. The zero-order valence-electron chi connectivity index (χ0n) is 11.7. The summed E-state index contributed by atoms with van der Waals surface area (Å²) < 4.78 is 0. The summed E-state index contributed by atoms with van der Waals surface area (Å²) in [5.74, 6) is 0.824. The van der Waals surface area contributed by atoms with Gasteiger partial charge in [0.05, 0.1) is 0 Å². The molecule has 1 saturated heterocycles. The van der Waals surface area contributed by atoms with Gasteiger partial charge < -0.3 is 5.32 Å². The van der Waals surface area contributed by atoms with Gasteiger partial charge in [0.25, 0.3) is 0 Å². The van der Waals surface area contributed by atoms with Gasteiger partial charge in [-0.25, -0.2) is 0 Å². The smallest absolute Gasteiger partial charge is 0.0236 e. The molecule has 1 fully saturated rings. The zero-order valence-corrected chi connectivity index (χ0v) is 11.7. The van der Waals surface area contributed by atoms with Gasteiger partial charge in [-0.1, -0.05) is 30.3 Å². The highest BCUT2D eigenvalue weighted by Crippen LogP contribution is 2.16. The van der Waals surface area contributed by atoms with Gasteiger partial charge in [-0.05, 0) is 51.3 Å². The maximum Gasteiger partial charge on any atom is 0.0236 e. The third kappa shape index (κ3) is 4.11. The normalized spacial score (nSPS) is 20.6. The maximum atomic E-state index is 3.52. The van der Waals surface area contributed by atoms with Crippen LogP contribution in [0.2, 0.25) is 0 Å². The molecule has 2 rings (SSSR count). The van der Waals surface area contributed by atoms with Gasteiger partial charge in [0, 0.05) is 19.1 Å². The van der Waals surface area contributed by atoms with Crippen LogP contribution in [-0.2, 0) is 6.54 Å². The summed E-state index contributed by atoms with van der Waals surface area (Å²) in [4.78, 5) is 2.60. The molecule has 0 amide bonds. The molecule has 18 heavy (non-hydrogen) atoms. The topological polar surface area (TPSA) is 15.3 Å². The average molecular weight is 246 g/mol. The van der Waals surface area contributed by atoms with E-state index in [0.29, 0.717) is 6.04 Å². The minimum atomic E-state index is 0.618. The van der Waals surface area contributed by atoms with Gasteiger partial charge in [0.15, 0.2) is 0 Å². The molecular formula is C16H26N2. The quantitative estimate of drug-likeness (QED) is 0.859. The lowest BCUT2D eigenvalue weighted by Crippen LogP contribution is -2.40. The van der Waals surface area contributed by atoms with Crippen LogP contribution in [0.3, 0.4) is 0 Å². The minimum Gasteiger partial charge on any atom is -0.316 e. The Balaban J connectivity index is 1.91. The van der Waals surface area contributed by atoms with Gasteiger partial charge in [-0.2, -0.15) is 0 Å². The molecule has 0 unspecified atom stereocenters. The van der Waals surface area contributed by atoms with Gasteiger partial charge >= 0.3 is 0 Å². The first-order valence-corrected chi connectivity index (χ1v) is 7.24. The van der Waals surface area contributed by atoms with Crippen LogP contribution in [0.1, 0.15) is 32.3 Å². The second kappa shape index (κ2) is 6.91. The van der Waals surface area contributed by atoms with Gasteiger partial charge in [0.1, 0.15) is 0 Å². The number of nitrogens with zero attached hydrogens (tertiary/aromatic N) is 1. The summed E-state index contributed by atoms with van der Waals surface area (Å²) in [6.45, 7) is 9.31. The van der Waals surface area contributed by atoms with Crippen molar-refractivity contribution in [3.63, 3.8) is 0 Å². The number of piperidine rings is 1. The predicted molar refractivity (Wildman–Crippen MR) is 77.6 cm³/mol. The van der Waals surface area contributed by atoms with E-state index in [9.17, 15) is 0 Å². The molecule has 0 saturated carbocycles. The average Bonchev–Trinajstić information content (AvgIpc) is 2.40. The van der Waals surface area contributed by atoms with Crippen LogP contribution in [0.15, 0.2) is 30.3 Å². The lowest BCUT2D eigenvalue weighted by atomic mass is 9.98. The third-order valence-corrected chi connectivity index (χ3v) is 3.85. The Hall–Kier alpha value is -0.860. The fourth-order valence-corrected chi connectivity index (χ4v) is 2.69.